The van der Waals surface area contributed by atoms with E-state index in [1.807, 2.05) is 0 Å². The van der Waals surface area contributed by atoms with Gasteiger partial charge in [0.1, 0.15) is 13.1 Å². The molecule has 0 unspecified atom stereocenters. The average molecular weight is 326 g/mol. The van der Waals surface area contributed by atoms with E-state index in [2.05, 4.69) is 19.1 Å². The summed E-state index contributed by atoms with van der Waals surface area (Å²) in [5.74, 6) is -0.169. The molecule has 0 atom stereocenters. The number of carbonyl (C=O) groups is 2. The lowest BCUT2D eigenvalue weighted by Crippen LogP contribution is -2.43. The Morgan fingerprint density at radius 1 is 0.958 bits per heavy atom. The molecule has 0 N–H and O–H groups in total. The third-order valence-corrected chi connectivity index (χ3v) is 4.50. The monoisotopic (exact) mass is 326 g/mol. The molecule has 126 valence electrons. The number of nitrogens with zero attached hydrogens (tertiary/aromatic N) is 3. The Morgan fingerprint density at radius 3 is 2.29 bits per heavy atom. The second-order valence-corrected chi connectivity index (χ2v) is 6.30. The first-order valence-corrected chi connectivity index (χ1v) is 8.88. The highest BCUT2D eigenvalue weighted by Crippen LogP contribution is 2.25. The van der Waals surface area contributed by atoms with Gasteiger partial charge in [0.15, 0.2) is 0 Å². The first kappa shape index (κ1) is 16.6. The van der Waals surface area contributed by atoms with Crippen LogP contribution in [0.4, 0.5) is 0 Å². The van der Waals surface area contributed by atoms with Gasteiger partial charge in [0.25, 0.3) is 0 Å². The molecule has 0 radical (unpaired) electrons. The first-order chi connectivity index (χ1) is 11.7. The number of hydrogen-bond donors (Lipinski definition) is 0. The molecule has 2 aromatic rings. The number of hydrogen-bond acceptors (Lipinski definition) is 3. The number of unbranched alkanes of at least 4 members (excludes halogenated alkanes) is 3. The van der Waals surface area contributed by atoms with Gasteiger partial charge < -0.3 is 0 Å². The zero-order valence-corrected chi connectivity index (χ0v) is 14.4. The molecule has 1 aromatic carbocycles. The van der Waals surface area contributed by atoms with Crippen LogP contribution in [0.5, 0.6) is 0 Å². The first-order valence-electron chi connectivity index (χ1n) is 8.88. The molecule has 24 heavy (non-hydrogen) atoms. The summed E-state index contributed by atoms with van der Waals surface area (Å²) >= 11 is 0. The largest absolute Gasteiger partial charge is 0.284 e. The summed E-state index contributed by atoms with van der Waals surface area (Å²) < 4.78 is 3.48. The van der Waals surface area contributed by atoms with Crippen LogP contribution in [0.15, 0.2) is 24.3 Å². The maximum absolute atomic E-state index is 13.0. The van der Waals surface area contributed by atoms with Crippen molar-refractivity contribution in [3.05, 3.63) is 46.8 Å². The highest BCUT2D eigenvalue weighted by Gasteiger charge is 2.42. The Kier molecular flexibility index (Phi) is 4.88. The molecular formula is C19H24N3O2+. The van der Waals surface area contributed by atoms with Crippen LogP contribution in [0, 0.1) is 0 Å². The molecule has 1 aliphatic rings. The van der Waals surface area contributed by atoms with Crippen molar-refractivity contribution in [2.24, 2.45) is 0 Å². The normalized spacial score (nSPS) is 13.1. The standard InChI is InChI=1S/C19H24N3O2/c1-3-5-9-13-22-17-16(21(20-22)12-6-4-2)18(23)14-10-7-8-11-15(14)19(17)24/h7-8,10-11H,3-6,9,12-13H2,1-2H3/q+1. The molecule has 1 aliphatic carbocycles. The highest BCUT2D eigenvalue weighted by molar-refractivity contribution is 6.26. The Labute approximate surface area is 142 Å². The minimum absolute atomic E-state index is 0.0838. The van der Waals surface area contributed by atoms with Crippen LogP contribution in [-0.4, -0.2) is 21.5 Å². The average Bonchev–Trinajstić information content (AvgIpc) is 2.97. The van der Waals surface area contributed by atoms with E-state index in [4.69, 9.17) is 0 Å². The van der Waals surface area contributed by atoms with E-state index < -0.39 is 0 Å². The third kappa shape index (κ3) is 2.79. The molecule has 1 aromatic heterocycles. The van der Waals surface area contributed by atoms with Gasteiger partial charge in [-0.25, -0.2) is 0 Å². The zero-order valence-electron chi connectivity index (χ0n) is 14.4. The van der Waals surface area contributed by atoms with Crippen molar-refractivity contribution in [1.29, 1.82) is 0 Å². The van der Waals surface area contributed by atoms with Crippen molar-refractivity contribution in [1.82, 2.24) is 9.90 Å². The minimum atomic E-state index is -0.0851. The summed E-state index contributed by atoms with van der Waals surface area (Å²) in [5.41, 5.74) is 1.91. The van der Waals surface area contributed by atoms with Gasteiger partial charge in [-0.3, -0.25) is 9.59 Å². The summed E-state index contributed by atoms with van der Waals surface area (Å²) in [6.07, 6.45) is 5.11. The SMILES string of the molecule is CCCCC[n+]1nn(CCCC)c2c1C(=O)c1ccccc1C2=O. The number of carbonyl (C=O) groups excluding carboxylic acids is 2. The molecule has 5 heteroatoms. The predicted molar refractivity (Wildman–Crippen MR) is 90.2 cm³/mol. The van der Waals surface area contributed by atoms with E-state index in [1.54, 1.807) is 33.6 Å². The predicted octanol–water partition coefficient (Wildman–Crippen LogP) is 2.94. The Hall–Kier alpha value is -2.30. The number of benzene rings is 1. The maximum Gasteiger partial charge on any atom is 0.249 e. The fraction of sp³-hybridized carbons (Fsp3) is 0.474. The molecule has 0 fully saturated rings. The Balaban J connectivity index is 2.07. The summed E-state index contributed by atoms with van der Waals surface area (Å²) in [5, 5.41) is 4.58. The van der Waals surface area contributed by atoms with E-state index in [0.29, 0.717) is 35.6 Å². The van der Waals surface area contributed by atoms with E-state index in [0.717, 1.165) is 32.1 Å². The van der Waals surface area contributed by atoms with Crippen molar-refractivity contribution >= 4 is 11.6 Å². The third-order valence-electron chi connectivity index (χ3n) is 4.50. The number of fused-ring (bicyclic) bond motifs is 2. The second-order valence-electron chi connectivity index (χ2n) is 6.30. The molecule has 0 aliphatic heterocycles. The van der Waals surface area contributed by atoms with E-state index in [1.165, 1.54) is 0 Å². The molecule has 3 rings (SSSR count). The lowest BCUT2D eigenvalue weighted by atomic mass is 9.90. The molecule has 0 spiro atoms. The summed E-state index contributed by atoms with van der Waals surface area (Å²) in [4.78, 5) is 25.9. The summed E-state index contributed by atoms with van der Waals surface area (Å²) in [6, 6.07) is 7.07. The number of rotatable bonds is 7. The van der Waals surface area contributed by atoms with Crippen LogP contribution in [0.1, 0.15) is 78.1 Å². The molecular weight excluding hydrogens is 302 g/mol. The smallest absolute Gasteiger partial charge is 0.249 e. The van der Waals surface area contributed by atoms with Gasteiger partial charge in [-0.15, -0.1) is 9.36 Å². The zero-order chi connectivity index (χ0) is 17.1. The molecule has 0 amide bonds. The summed E-state index contributed by atoms with van der Waals surface area (Å²) in [6.45, 7) is 5.59. The highest BCUT2D eigenvalue weighted by atomic mass is 16.1. The van der Waals surface area contributed by atoms with E-state index >= 15 is 0 Å². The van der Waals surface area contributed by atoms with Gasteiger partial charge in [-0.1, -0.05) is 51.0 Å². The van der Waals surface area contributed by atoms with E-state index in [-0.39, 0.29) is 11.6 Å². The van der Waals surface area contributed by atoms with Crippen LogP contribution in [0.2, 0.25) is 0 Å². The van der Waals surface area contributed by atoms with Crippen LogP contribution in [0.3, 0.4) is 0 Å². The van der Waals surface area contributed by atoms with Gasteiger partial charge in [-0.05, 0) is 19.3 Å². The fourth-order valence-corrected chi connectivity index (χ4v) is 3.18. The van der Waals surface area contributed by atoms with E-state index in [9.17, 15) is 9.59 Å². The molecule has 0 saturated carbocycles. The van der Waals surface area contributed by atoms with Crippen LogP contribution in [-0.2, 0) is 13.1 Å². The van der Waals surface area contributed by atoms with Crippen LogP contribution < -0.4 is 4.68 Å². The van der Waals surface area contributed by atoms with Crippen molar-refractivity contribution in [2.45, 2.75) is 59.0 Å². The van der Waals surface area contributed by atoms with Crippen molar-refractivity contribution < 1.29 is 14.3 Å². The van der Waals surface area contributed by atoms with Gasteiger partial charge in [0.05, 0.1) is 5.21 Å². The molecule has 0 bridgehead atoms. The van der Waals surface area contributed by atoms with Crippen LogP contribution >= 0.6 is 0 Å². The number of aromatic nitrogens is 3. The van der Waals surface area contributed by atoms with Gasteiger partial charge in [-0.2, -0.15) is 0 Å². The van der Waals surface area contributed by atoms with Crippen molar-refractivity contribution in [3.63, 3.8) is 0 Å². The quantitative estimate of drug-likeness (QED) is 0.495. The van der Waals surface area contributed by atoms with Crippen molar-refractivity contribution in [2.75, 3.05) is 0 Å². The molecule has 0 saturated heterocycles. The van der Waals surface area contributed by atoms with Gasteiger partial charge in [0, 0.05) is 11.1 Å². The fourth-order valence-electron chi connectivity index (χ4n) is 3.18. The second kappa shape index (κ2) is 7.07. The minimum Gasteiger partial charge on any atom is -0.284 e. The Morgan fingerprint density at radius 2 is 1.62 bits per heavy atom. The topological polar surface area (TPSA) is 55.8 Å². The van der Waals surface area contributed by atoms with Crippen molar-refractivity contribution in [3.8, 4) is 0 Å². The Bertz CT molecular complexity index is 777. The maximum atomic E-state index is 13.0. The lowest BCUT2D eigenvalue weighted by molar-refractivity contribution is -0.757. The van der Waals surface area contributed by atoms with Crippen LogP contribution in [0.25, 0.3) is 0 Å². The number of aryl methyl sites for hydroxylation is 2. The van der Waals surface area contributed by atoms with Gasteiger partial charge in [0.2, 0.25) is 23.0 Å². The van der Waals surface area contributed by atoms with Gasteiger partial charge >= 0.3 is 0 Å². The summed E-state index contributed by atoms with van der Waals surface area (Å²) in [7, 11) is 0. The lowest BCUT2D eigenvalue weighted by Gasteiger charge is -2.11. The number of ketones is 2. The molecule has 5 nitrogen and oxygen atoms in total. The molecule has 1 heterocycles.